The Balaban J connectivity index is 1.54. The smallest absolute Gasteiger partial charge is 0.332 e. The highest BCUT2D eigenvalue weighted by molar-refractivity contribution is 5.75. The van der Waals surface area contributed by atoms with E-state index in [4.69, 9.17) is 0 Å². The molecule has 184 valence electrons. The molecule has 1 aliphatic carbocycles. The summed E-state index contributed by atoms with van der Waals surface area (Å²) in [6.45, 7) is -0.510. The fourth-order valence-corrected chi connectivity index (χ4v) is 4.31. The van der Waals surface area contributed by atoms with Crippen molar-refractivity contribution in [3.63, 3.8) is 0 Å². The second kappa shape index (κ2) is 9.59. The molecule has 35 heavy (non-hydrogen) atoms. The van der Waals surface area contributed by atoms with Crippen LogP contribution in [0.25, 0.3) is 11.1 Å². The lowest BCUT2D eigenvalue weighted by Crippen LogP contribution is -2.39. The molecule has 0 fully saturated rings. The summed E-state index contributed by atoms with van der Waals surface area (Å²) in [5.41, 5.74) is -0.776. The second-order valence-corrected chi connectivity index (χ2v) is 8.22. The van der Waals surface area contributed by atoms with Crippen molar-refractivity contribution in [2.75, 3.05) is 0 Å². The predicted octanol–water partition coefficient (Wildman–Crippen LogP) is 6.66. The SMILES string of the molecule is O=C(NCc1nccc(-c2ccc(C(F)(F)F)cc2)c1C(F)(F)F)N[C@H]1CCCc2ccccc21. The van der Waals surface area contributed by atoms with Gasteiger partial charge in [-0.05, 0) is 59.7 Å². The minimum absolute atomic E-state index is 0.0442. The summed E-state index contributed by atoms with van der Waals surface area (Å²) in [6, 6.07) is 11.3. The Labute approximate surface area is 197 Å². The first-order valence-corrected chi connectivity index (χ1v) is 10.9. The first kappa shape index (κ1) is 24.6. The molecule has 0 saturated heterocycles. The number of carbonyl (C=O) groups excluding carboxylic acids is 1. The molecule has 0 unspecified atom stereocenters. The zero-order chi connectivity index (χ0) is 25.2. The van der Waals surface area contributed by atoms with E-state index in [1.807, 2.05) is 24.3 Å². The van der Waals surface area contributed by atoms with Crippen LogP contribution in [0.5, 0.6) is 0 Å². The number of aryl methyl sites for hydroxylation is 1. The van der Waals surface area contributed by atoms with Gasteiger partial charge in [-0.2, -0.15) is 26.3 Å². The first-order chi connectivity index (χ1) is 16.5. The highest BCUT2D eigenvalue weighted by Gasteiger charge is 2.38. The predicted molar refractivity (Wildman–Crippen MR) is 117 cm³/mol. The van der Waals surface area contributed by atoms with Crippen molar-refractivity contribution in [2.45, 2.75) is 44.2 Å². The summed E-state index contributed by atoms with van der Waals surface area (Å²) in [6.07, 6.45) is -5.84. The standard InChI is InChI=1S/C25H21F6N3O/c26-24(27,28)17-10-8-16(9-11-17)19-12-13-32-21(22(19)25(29,30)31)14-33-23(35)34-20-7-3-5-15-4-1-2-6-18(15)20/h1-2,4,6,8-13,20H,3,5,7,14H2,(H2,33,34,35)/t20-/m0/s1. The minimum Gasteiger partial charge on any atom is -0.332 e. The number of amides is 2. The van der Waals surface area contributed by atoms with Crippen LogP contribution in [0.3, 0.4) is 0 Å². The fraction of sp³-hybridized carbons (Fsp3) is 0.280. The molecule has 1 aromatic heterocycles. The van der Waals surface area contributed by atoms with Gasteiger partial charge in [0.1, 0.15) is 0 Å². The van der Waals surface area contributed by atoms with Crippen LogP contribution in [0.2, 0.25) is 0 Å². The van der Waals surface area contributed by atoms with E-state index in [-0.39, 0.29) is 17.2 Å². The Morgan fingerprint density at radius 1 is 0.943 bits per heavy atom. The van der Waals surface area contributed by atoms with Crippen molar-refractivity contribution in [2.24, 2.45) is 0 Å². The van der Waals surface area contributed by atoms with Gasteiger partial charge in [0.15, 0.2) is 0 Å². The normalized spacial score (nSPS) is 15.9. The van der Waals surface area contributed by atoms with Crippen LogP contribution in [0, 0.1) is 0 Å². The average Bonchev–Trinajstić information content (AvgIpc) is 2.81. The van der Waals surface area contributed by atoms with Crippen molar-refractivity contribution in [3.8, 4) is 11.1 Å². The van der Waals surface area contributed by atoms with Crippen LogP contribution < -0.4 is 10.6 Å². The number of aromatic nitrogens is 1. The molecule has 0 aliphatic heterocycles. The summed E-state index contributed by atoms with van der Waals surface area (Å²) >= 11 is 0. The molecule has 4 nitrogen and oxygen atoms in total. The maximum atomic E-state index is 14.0. The largest absolute Gasteiger partial charge is 0.418 e. The maximum absolute atomic E-state index is 14.0. The van der Waals surface area contributed by atoms with Gasteiger partial charge in [0.25, 0.3) is 0 Å². The Morgan fingerprint density at radius 3 is 2.34 bits per heavy atom. The van der Waals surface area contributed by atoms with E-state index >= 15 is 0 Å². The fourth-order valence-electron chi connectivity index (χ4n) is 4.31. The molecular weight excluding hydrogens is 472 g/mol. The number of pyridine rings is 1. The van der Waals surface area contributed by atoms with E-state index in [0.717, 1.165) is 60.5 Å². The number of benzene rings is 2. The van der Waals surface area contributed by atoms with Gasteiger partial charge in [-0.1, -0.05) is 36.4 Å². The van der Waals surface area contributed by atoms with Crippen molar-refractivity contribution >= 4 is 6.03 Å². The molecular formula is C25H21F6N3O. The lowest BCUT2D eigenvalue weighted by molar-refractivity contribution is -0.138. The third-order valence-electron chi connectivity index (χ3n) is 5.93. The van der Waals surface area contributed by atoms with Gasteiger partial charge in [-0.3, -0.25) is 4.98 Å². The third kappa shape index (κ3) is 5.58. The average molecular weight is 493 g/mol. The lowest BCUT2D eigenvalue weighted by Gasteiger charge is -2.26. The van der Waals surface area contributed by atoms with Gasteiger partial charge in [0.05, 0.1) is 29.4 Å². The molecule has 1 atom stereocenters. The third-order valence-corrected chi connectivity index (χ3v) is 5.93. The number of hydrogen-bond donors (Lipinski definition) is 2. The molecule has 2 N–H and O–H groups in total. The van der Waals surface area contributed by atoms with Gasteiger partial charge < -0.3 is 10.6 Å². The maximum Gasteiger partial charge on any atom is 0.418 e. The van der Waals surface area contributed by atoms with Crippen molar-refractivity contribution in [1.82, 2.24) is 15.6 Å². The number of alkyl halides is 6. The summed E-state index contributed by atoms with van der Waals surface area (Å²) in [5, 5.41) is 5.24. The topological polar surface area (TPSA) is 54.0 Å². The van der Waals surface area contributed by atoms with E-state index < -0.39 is 41.7 Å². The van der Waals surface area contributed by atoms with Crippen LogP contribution in [-0.4, -0.2) is 11.0 Å². The molecule has 0 radical (unpaired) electrons. The quantitative estimate of drug-likeness (QED) is 0.399. The molecule has 10 heteroatoms. The summed E-state index contributed by atoms with van der Waals surface area (Å²) in [7, 11) is 0. The Morgan fingerprint density at radius 2 is 1.66 bits per heavy atom. The summed E-state index contributed by atoms with van der Waals surface area (Å²) < 4.78 is 80.5. The zero-order valence-corrected chi connectivity index (χ0v) is 18.3. The van der Waals surface area contributed by atoms with Crippen molar-refractivity contribution in [1.29, 1.82) is 0 Å². The Hall–Kier alpha value is -3.56. The number of urea groups is 1. The van der Waals surface area contributed by atoms with E-state index in [1.54, 1.807) is 0 Å². The minimum atomic E-state index is -4.85. The number of halogens is 6. The molecule has 0 bridgehead atoms. The number of rotatable bonds is 4. The molecule has 2 amide bonds. The number of hydrogen-bond acceptors (Lipinski definition) is 2. The first-order valence-electron chi connectivity index (χ1n) is 10.9. The highest BCUT2D eigenvalue weighted by atomic mass is 19.4. The van der Waals surface area contributed by atoms with E-state index in [1.165, 1.54) is 0 Å². The lowest BCUT2D eigenvalue weighted by atomic mass is 9.88. The molecule has 2 aromatic carbocycles. The molecule has 4 rings (SSSR count). The van der Waals surface area contributed by atoms with E-state index in [9.17, 15) is 31.1 Å². The highest BCUT2D eigenvalue weighted by Crippen LogP contribution is 2.39. The van der Waals surface area contributed by atoms with Crippen LogP contribution in [-0.2, 0) is 25.3 Å². The van der Waals surface area contributed by atoms with E-state index in [2.05, 4.69) is 15.6 Å². The monoisotopic (exact) mass is 493 g/mol. The number of nitrogens with one attached hydrogen (secondary N) is 2. The van der Waals surface area contributed by atoms with Gasteiger partial charge in [-0.15, -0.1) is 0 Å². The van der Waals surface area contributed by atoms with E-state index in [0.29, 0.717) is 6.42 Å². The summed E-state index contributed by atoms with van der Waals surface area (Å²) in [5.74, 6) is 0. The van der Waals surface area contributed by atoms with Crippen LogP contribution >= 0.6 is 0 Å². The number of fused-ring (bicyclic) bond motifs is 1. The summed E-state index contributed by atoms with van der Waals surface area (Å²) in [4.78, 5) is 16.3. The van der Waals surface area contributed by atoms with Crippen molar-refractivity contribution < 1.29 is 31.1 Å². The number of nitrogens with zero attached hydrogens (tertiary/aromatic N) is 1. The van der Waals surface area contributed by atoms with Gasteiger partial charge >= 0.3 is 18.4 Å². The van der Waals surface area contributed by atoms with Crippen LogP contribution in [0.15, 0.2) is 60.8 Å². The zero-order valence-electron chi connectivity index (χ0n) is 18.3. The Kier molecular flexibility index (Phi) is 6.73. The van der Waals surface area contributed by atoms with Crippen molar-refractivity contribution in [3.05, 3.63) is 88.7 Å². The molecule has 3 aromatic rings. The molecule has 1 aliphatic rings. The van der Waals surface area contributed by atoms with Crippen LogP contribution in [0.4, 0.5) is 31.1 Å². The number of carbonyl (C=O) groups is 1. The van der Waals surface area contributed by atoms with Crippen LogP contribution in [0.1, 0.15) is 46.8 Å². The van der Waals surface area contributed by atoms with Gasteiger partial charge in [0.2, 0.25) is 0 Å². The van der Waals surface area contributed by atoms with Gasteiger partial charge in [0, 0.05) is 6.20 Å². The molecule has 1 heterocycles. The second-order valence-electron chi connectivity index (χ2n) is 8.22. The van der Waals surface area contributed by atoms with Gasteiger partial charge in [-0.25, -0.2) is 4.79 Å². The molecule has 0 spiro atoms. The molecule has 0 saturated carbocycles. The Bertz CT molecular complexity index is 1210.